The molecule has 132 valence electrons. The fourth-order valence-electron chi connectivity index (χ4n) is 3.35. The van der Waals surface area contributed by atoms with Crippen LogP contribution in [0.4, 0.5) is 5.69 Å². The van der Waals surface area contributed by atoms with Crippen molar-refractivity contribution in [2.45, 2.75) is 6.04 Å². The Kier molecular flexibility index (Phi) is 5.56. The van der Waals surface area contributed by atoms with Crippen LogP contribution in [-0.2, 0) is 9.53 Å². The molecule has 1 aliphatic rings. The number of para-hydroxylation sites is 2. The Bertz CT molecular complexity index is 697. The van der Waals surface area contributed by atoms with Crippen molar-refractivity contribution in [3.05, 3.63) is 60.2 Å². The van der Waals surface area contributed by atoms with E-state index in [1.54, 1.807) is 7.11 Å². The molecule has 0 N–H and O–H groups in total. The zero-order chi connectivity index (χ0) is 17.6. The summed E-state index contributed by atoms with van der Waals surface area (Å²) in [6, 6.07) is 17.5. The summed E-state index contributed by atoms with van der Waals surface area (Å²) in [6.45, 7) is 3.24. The third-order valence-electron chi connectivity index (χ3n) is 4.65. The fourth-order valence-corrected chi connectivity index (χ4v) is 3.35. The number of anilines is 1. The Morgan fingerprint density at radius 3 is 2.20 bits per heavy atom. The van der Waals surface area contributed by atoms with E-state index in [0.29, 0.717) is 0 Å². The van der Waals surface area contributed by atoms with Gasteiger partial charge in [0.25, 0.3) is 0 Å². The van der Waals surface area contributed by atoms with Crippen LogP contribution in [0.15, 0.2) is 54.6 Å². The zero-order valence-electron chi connectivity index (χ0n) is 14.7. The van der Waals surface area contributed by atoms with Gasteiger partial charge in [-0.15, -0.1) is 0 Å². The van der Waals surface area contributed by atoms with Crippen molar-refractivity contribution < 1.29 is 14.3 Å². The van der Waals surface area contributed by atoms with Gasteiger partial charge >= 0.3 is 5.97 Å². The fraction of sp³-hybridized carbons (Fsp3) is 0.350. The normalized spacial score (nSPS) is 16.3. The zero-order valence-corrected chi connectivity index (χ0v) is 14.7. The first-order chi connectivity index (χ1) is 12.2. The molecule has 0 bridgehead atoms. The summed E-state index contributed by atoms with van der Waals surface area (Å²) in [5.41, 5.74) is 2.07. The van der Waals surface area contributed by atoms with E-state index < -0.39 is 0 Å². The minimum absolute atomic E-state index is 0.211. The number of piperazine rings is 1. The minimum Gasteiger partial charge on any atom is -0.495 e. The first kappa shape index (κ1) is 17.3. The molecule has 0 aromatic heterocycles. The van der Waals surface area contributed by atoms with Crippen LogP contribution in [0.3, 0.4) is 0 Å². The molecule has 1 heterocycles. The van der Waals surface area contributed by atoms with Crippen LogP contribution in [0.2, 0.25) is 0 Å². The van der Waals surface area contributed by atoms with Crippen molar-refractivity contribution in [2.75, 3.05) is 45.3 Å². The van der Waals surface area contributed by atoms with Crippen LogP contribution >= 0.6 is 0 Å². The number of ether oxygens (including phenoxy) is 2. The van der Waals surface area contributed by atoms with Crippen molar-refractivity contribution >= 4 is 11.7 Å². The summed E-state index contributed by atoms with van der Waals surface area (Å²) in [6.07, 6.45) is 0. The SMILES string of the molecule is COC(=O)[C@@H](c1ccccc1)N1CCN(c2ccccc2OC)CC1. The number of methoxy groups -OCH3 is 2. The lowest BCUT2D eigenvalue weighted by molar-refractivity contribution is -0.147. The van der Waals surface area contributed by atoms with E-state index in [2.05, 4.69) is 15.9 Å². The third kappa shape index (κ3) is 3.77. The lowest BCUT2D eigenvalue weighted by atomic mass is 10.0. The summed E-state index contributed by atoms with van der Waals surface area (Å²) in [7, 11) is 3.14. The monoisotopic (exact) mass is 340 g/mol. The number of rotatable bonds is 5. The summed E-state index contributed by atoms with van der Waals surface area (Å²) in [5, 5.41) is 0. The summed E-state index contributed by atoms with van der Waals surface area (Å²) < 4.78 is 10.5. The van der Waals surface area contributed by atoms with Gasteiger partial charge in [-0.05, 0) is 17.7 Å². The Balaban J connectivity index is 1.74. The second-order valence-corrected chi connectivity index (χ2v) is 6.03. The van der Waals surface area contributed by atoms with Crippen molar-refractivity contribution in [1.29, 1.82) is 0 Å². The van der Waals surface area contributed by atoms with E-state index >= 15 is 0 Å². The standard InChI is InChI=1S/C20H24N2O3/c1-24-18-11-7-6-10-17(18)21-12-14-22(15-13-21)19(20(23)25-2)16-8-4-3-5-9-16/h3-11,19H,12-15H2,1-2H3/t19-/m1/s1. The molecule has 0 unspecified atom stereocenters. The molecule has 1 saturated heterocycles. The van der Waals surface area contributed by atoms with Crippen LogP contribution in [0.25, 0.3) is 0 Å². The van der Waals surface area contributed by atoms with Crippen molar-refractivity contribution in [3.8, 4) is 5.75 Å². The number of carbonyl (C=O) groups is 1. The Labute approximate surface area is 148 Å². The van der Waals surface area contributed by atoms with E-state index in [9.17, 15) is 4.79 Å². The summed E-state index contributed by atoms with van der Waals surface area (Å²) >= 11 is 0. The Morgan fingerprint density at radius 1 is 0.920 bits per heavy atom. The maximum Gasteiger partial charge on any atom is 0.327 e. The molecule has 1 aliphatic heterocycles. The van der Waals surface area contributed by atoms with E-state index in [-0.39, 0.29) is 12.0 Å². The van der Waals surface area contributed by atoms with Crippen LogP contribution < -0.4 is 9.64 Å². The number of hydrogen-bond acceptors (Lipinski definition) is 5. The van der Waals surface area contributed by atoms with Crippen LogP contribution in [0.5, 0.6) is 5.75 Å². The van der Waals surface area contributed by atoms with Crippen molar-refractivity contribution in [1.82, 2.24) is 4.90 Å². The molecule has 0 amide bonds. The number of esters is 1. The third-order valence-corrected chi connectivity index (χ3v) is 4.65. The predicted octanol–water partition coefficient (Wildman–Crippen LogP) is 2.73. The van der Waals surface area contributed by atoms with Gasteiger partial charge in [-0.1, -0.05) is 42.5 Å². The van der Waals surface area contributed by atoms with Crippen LogP contribution in [-0.4, -0.2) is 51.3 Å². The number of carbonyl (C=O) groups excluding carboxylic acids is 1. The lowest BCUT2D eigenvalue weighted by Crippen LogP contribution is -2.49. The molecule has 1 fully saturated rings. The second kappa shape index (κ2) is 8.03. The molecule has 1 atom stereocenters. The van der Waals surface area contributed by atoms with Crippen LogP contribution in [0, 0.1) is 0 Å². The minimum atomic E-state index is -0.356. The van der Waals surface area contributed by atoms with Gasteiger partial charge in [0, 0.05) is 26.2 Å². The van der Waals surface area contributed by atoms with Gasteiger partial charge in [0.2, 0.25) is 0 Å². The molecular formula is C20H24N2O3. The highest BCUT2D eigenvalue weighted by Gasteiger charge is 2.31. The highest BCUT2D eigenvalue weighted by atomic mass is 16.5. The smallest absolute Gasteiger partial charge is 0.327 e. The Morgan fingerprint density at radius 2 is 1.56 bits per heavy atom. The van der Waals surface area contributed by atoms with Gasteiger partial charge in [0.1, 0.15) is 11.8 Å². The van der Waals surface area contributed by atoms with Crippen LogP contribution in [0.1, 0.15) is 11.6 Å². The molecule has 5 nitrogen and oxygen atoms in total. The largest absolute Gasteiger partial charge is 0.495 e. The molecule has 5 heteroatoms. The van der Waals surface area contributed by atoms with Gasteiger partial charge in [0.05, 0.1) is 19.9 Å². The lowest BCUT2D eigenvalue weighted by Gasteiger charge is -2.39. The molecule has 2 aromatic carbocycles. The van der Waals surface area contributed by atoms with Crippen molar-refractivity contribution in [3.63, 3.8) is 0 Å². The quantitative estimate of drug-likeness (QED) is 0.783. The van der Waals surface area contributed by atoms with Gasteiger partial charge in [-0.25, -0.2) is 4.79 Å². The number of benzene rings is 2. The summed E-state index contributed by atoms with van der Waals surface area (Å²) in [5.74, 6) is 0.667. The first-order valence-corrected chi connectivity index (χ1v) is 8.49. The Hall–Kier alpha value is -2.53. The van der Waals surface area contributed by atoms with Gasteiger partial charge < -0.3 is 14.4 Å². The highest BCUT2D eigenvalue weighted by Crippen LogP contribution is 2.30. The maximum atomic E-state index is 12.4. The average Bonchev–Trinajstić information content (AvgIpc) is 2.69. The highest BCUT2D eigenvalue weighted by molar-refractivity contribution is 5.77. The molecule has 3 rings (SSSR count). The predicted molar refractivity (Wildman–Crippen MR) is 98.0 cm³/mol. The summed E-state index contributed by atoms with van der Waals surface area (Å²) in [4.78, 5) is 16.9. The molecule has 0 aliphatic carbocycles. The first-order valence-electron chi connectivity index (χ1n) is 8.49. The molecule has 0 saturated carbocycles. The molecule has 0 spiro atoms. The van der Waals surface area contributed by atoms with Gasteiger partial charge in [-0.3, -0.25) is 4.90 Å². The molecular weight excluding hydrogens is 316 g/mol. The van der Waals surface area contributed by atoms with E-state index in [1.807, 2.05) is 48.5 Å². The molecule has 2 aromatic rings. The van der Waals surface area contributed by atoms with Gasteiger partial charge in [-0.2, -0.15) is 0 Å². The number of hydrogen-bond donors (Lipinski definition) is 0. The van der Waals surface area contributed by atoms with Crippen molar-refractivity contribution in [2.24, 2.45) is 0 Å². The van der Waals surface area contributed by atoms with E-state index in [4.69, 9.17) is 9.47 Å². The van der Waals surface area contributed by atoms with E-state index in [1.165, 1.54) is 7.11 Å². The maximum absolute atomic E-state index is 12.4. The molecule has 0 radical (unpaired) electrons. The number of nitrogens with zero attached hydrogens (tertiary/aromatic N) is 2. The van der Waals surface area contributed by atoms with E-state index in [0.717, 1.165) is 43.2 Å². The van der Waals surface area contributed by atoms with Gasteiger partial charge in [0.15, 0.2) is 0 Å². The average molecular weight is 340 g/mol. The second-order valence-electron chi connectivity index (χ2n) is 6.03. The topological polar surface area (TPSA) is 42.0 Å². The molecule has 25 heavy (non-hydrogen) atoms.